The Morgan fingerprint density at radius 1 is 1.03 bits per heavy atom. The van der Waals surface area contributed by atoms with E-state index in [1.807, 2.05) is 45.8 Å². The van der Waals surface area contributed by atoms with Crippen LogP contribution in [0.25, 0.3) is 22.2 Å². The lowest BCUT2D eigenvalue weighted by Gasteiger charge is -2.41. The smallest absolute Gasteiger partial charge is 0.351 e. The molecule has 6 N–H and O–H groups in total. The third-order valence-corrected chi connectivity index (χ3v) is 18.0. The highest BCUT2D eigenvalue weighted by molar-refractivity contribution is 5.97. The van der Waals surface area contributed by atoms with Gasteiger partial charge >= 0.3 is 17.6 Å². The van der Waals surface area contributed by atoms with Crippen LogP contribution in [0.4, 0.5) is 24.7 Å². The lowest BCUT2D eigenvalue weighted by molar-refractivity contribution is -0.156. The molecule has 4 fully saturated rings. The number of esters is 1. The lowest BCUT2D eigenvalue weighted by Crippen LogP contribution is -2.63. The van der Waals surface area contributed by atoms with Crippen molar-refractivity contribution >= 4 is 64.4 Å². The number of methoxy groups -OCH3 is 1. The number of anilines is 2. The van der Waals surface area contributed by atoms with Crippen LogP contribution in [0, 0.1) is 23.2 Å². The van der Waals surface area contributed by atoms with Gasteiger partial charge in [-0.05, 0) is 115 Å². The van der Waals surface area contributed by atoms with Gasteiger partial charge in [-0.2, -0.15) is 13.8 Å². The van der Waals surface area contributed by atoms with E-state index < -0.39 is 113 Å². The monoisotopic (exact) mass is 1310 g/mol. The number of hydrazine groups is 1. The van der Waals surface area contributed by atoms with E-state index in [4.69, 9.17) is 34.8 Å². The van der Waals surface area contributed by atoms with Crippen LogP contribution >= 0.6 is 12.4 Å². The molecule has 0 aliphatic carbocycles. The van der Waals surface area contributed by atoms with Gasteiger partial charge in [0.15, 0.2) is 11.8 Å². The Bertz CT molecular complexity index is 3440. The van der Waals surface area contributed by atoms with Crippen molar-refractivity contribution in [3.05, 3.63) is 70.5 Å². The largest absolute Gasteiger partial charge is 0.464 e. The Morgan fingerprint density at radius 2 is 1.74 bits per heavy atom. The van der Waals surface area contributed by atoms with Crippen molar-refractivity contribution in [2.75, 3.05) is 91.4 Å². The molecule has 6 bridgehead atoms. The first-order valence-electron chi connectivity index (χ1n) is 31.0. The molecule has 5 aliphatic rings. The summed E-state index contributed by atoms with van der Waals surface area (Å²) in [7, 11) is 6.82. The number of aliphatic hydroxyl groups is 2. The number of nitrogen functional groups attached to an aromatic ring is 1. The van der Waals surface area contributed by atoms with Gasteiger partial charge in [-0.25, -0.2) is 14.6 Å². The zero-order valence-corrected chi connectivity index (χ0v) is 55.4. The number of fused-ring (bicyclic) bond motifs is 6. The first kappa shape index (κ1) is 72.5. The molecule has 0 radical (unpaired) electrons. The van der Waals surface area contributed by atoms with Crippen LogP contribution in [-0.2, 0) is 55.9 Å². The number of ether oxygens (including phenoxy) is 4. The molecule has 0 spiro atoms. The average Bonchev–Trinajstić information content (AvgIpc) is 1.59. The number of rotatable bonds is 12. The van der Waals surface area contributed by atoms with Crippen molar-refractivity contribution in [3.8, 4) is 23.1 Å². The third-order valence-electron chi connectivity index (χ3n) is 18.0. The number of cyclic esters (lactones) is 1. The molecule has 28 heteroatoms. The average molecular weight is 1310 g/mol. The van der Waals surface area contributed by atoms with Crippen LogP contribution in [0.1, 0.15) is 111 Å². The van der Waals surface area contributed by atoms with Gasteiger partial charge in [0.1, 0.15) is 30.0 Å². The predicted molar refractivity (Wildman–Crippen MR) is 340 cm³/mol. The predicted octanol–water partition coefficient (Wildman–Crippen LogP) is 4.42. The van der Waals surface area contributed by atoms with Gasteiger partial charge in [-0.3, -0.25) is 43.4 Å². The van der Waals surface area contributed by atoms with Crippen LogP contribution in [-0.4, -0.2) is 213 Å². The van der Waals surface area contributed by atoms with Crippen molar-refractivity contribution in [3.63, 3.8) is 0 Å². The standard InChI is InChI=1S/C55H78FN9O8.C9H11F2N3O4.ClH/c1-13-64-44-19-18-37-30-40(44)41(48(64)39-16-14-24-57-46(39)36(4)71-12)32-53(5,6)34-73-51(69)42-17-15-25-65(59-42)50(68)43(31-38-33-63(37)28-29-72-38)58-49(67)47(35(2)3)61(11)52(70)55(56)22-26-62(27-23-55)45(66)20-21-54(7,8)60(9)10;10-9(11)6(16)4(3-15)18-7(9)14-2-1-5(12)13-8(14)17;/h14,16,18-19,24,30,35-36,38,42-43,47,59H,13,15,17,22-23,25-29,31-34H2,1-12H3,(H,58,67);1-2,4,6-7,15-16H,3H2,(H2,12,13,17);1H. The molecule has 8 heterocycles. The summed E-state index contributed by atoms with van der Waals surface area (Å²) in [6.07, 6.45) is -2.64. The first-order valence-corrected chi connectivity index (χ1v) is 31.0. The summed E-state index contributed by atoms with van der Waals surface area (Å²) in [6.45, 7) is 17.2. The summed E-state index contributed by atoms with van der Waals surface area (Å²) in [5.41, 5.74) is 9.87. The summed E-state index contributed by atoms with van der Waals surface area (Å²) < 4.78 is 70.2. The number of aromatic nitrogens is 4. The number of likely N-dealkylation sites (tertiary alicyclic amines) is 1. The second-order valence-corrected chi connectivity index (χ2v) is 26.0. The van der Waals surface area contributed by atoms with Crippen LogP contribution in [0.2, 0.25) is 0 Å². The Labute approximate surface area is 541 Å². The fourth-order valence-electron chi connectivity index (χ4n) is 12.3. The van der Waals surface area contributed by atoms with Gasteiger partial charge in [-0.1, -0.05) is 33.6 Å². The van der Waals surface area contributed by atoms with Crippen LogP contribution in [0.5, 0.6) is 0 Å². The molecule has 506 valence electrons. The highest BCUT2D eigenvalue weighted by atomic mass is 35.5. The lowest BCUT2D eigenvalue weighted by atomic mass is 9.84. The van der Waals surface area contributed by atoms with Crippen LogP contribution < -0.4 is 27.1 Å². The highest BCUT2D eigenvalue weighted by Crippen LogP contribution is 2.44. The molecule has 1 aromatic carbocycles. The van der Waals surface area contributed by atoms with Crippen molar-refractivity contribution < 1.29 is 66.3 Å². The molecule has 8 unspecified atom stereocenters. The van der Waals surface area contributed by atoms with Gasteiger partial charge in [0.05, 0.1) is 49.0 Å². The number of carbonyl (C=O) groups excluding carboxylic acids is 5. The molecule has 4 saturated heterocycles. The van der Waals surface area contributed by atoms with Gasteiger partial charge in [0.25, 0.3) is 17.7 Å². The van der Waals surface area contributed by atoms with E-state index in [0.29, 0.717) is 50.1 Å². The first-order chi connectivity index (χ1) is 42.9. The van der Waals surface area contributed by atoms with Crippen LogP contribution in [0.3, 0.4) is 0 Å². The topological polar surface area (TPSA) is 282 Å². The number of hydrogen-bond acceptors (Lipinski definition) is 18. The fourth-order valence-corrected chi connectivity index (χ4v) is 12.3. The summed E-state index contributed by atoms with van der Waals surface area (Å²) in [4.78, 5) is 96.9. The molecular weight excluding hydrogens is 1220 g/mol. The molecule has 0 saturated carbocycles. The zero-order valence-electron chi connectivity index (χ0n) is 54.5. The summed E-state index contributed by atoms with van der Waals surface area (Å²) in [5, 5.41) is 23.5. The van der Waals surface area contributed by atoms with Crippen molar-refractivity contribution in [2.45, 2.75) is 166 Å². The Morgan fingerprint density at radius 3 is 2.37 bits per heavy atom. The third kappa shape index (κ3) is 15.7. The Balaban J connectivity index is 0.000000541. The minimum Gasteiger partial charge on any atom is -0.464 e. The zero-order chi connectivity index (χ0) is 66.7. The molecule has 92 heavy (non-hydrogen) atoms. The molecular formula is C64H90ClF3N12O12. The Hall–Kier alpha value is -6.90. The number of morpholine rings is 1. The molecule has 9 rings (SSSR count). The minimum absolute atomic E-state index is 0. The van der Waals surface area contributed by atoms with Crippen molar-refractivity contribution in [2.24, 2.45) is 11.3 Å². The van der Waals surface area contributed by atoms with Gasteiger partial charge in [0, 0.05) is 113 Å². The number of aryl methyl sites for hydroxylation is 1. The number of piperidine rings is 1. The van der Waals surface area contributed by atoms with E-state index in [2.05, 4.69) is 82.1 Å². The molecule has 4 aromatic rings. The van der Waals surface area contributed by atoms with E-state index in [1.165, 1.54) is 17.0 Å². The van der Waals surface area contributed by atoms with Crippen molar-refractivity contribution in [1.82, 2.24) is 49.6 Å². The second kappa shape index (κ2) is 29.6. The summed E-state index contributed by atoms with van der Waals surface area (Å²) in [6, 6.07) is 8.52. The van der Waals surface area contributed by atoms with Crippen LogP contribution in [0.15, 0.2) is 53.6 Å². The highest BCUT2D eigenvalue weighted by Gasteiger charge is 2.59. The second-order valence-electron chi connectivity index (χ2n) is 26.0. The maximum atomic E-state index is 16.8. The normalized spacial score (nSPS) is 23.8. The number of amides is 4. The van der Waals surface area contributed by atoms with Gasteiger partial charge in [0.2, 0.25) is 12.1 Å². The number of hydrogen-bond donors (Lipinski definition) is 5. The minimum atomic E-state index is -3.71. The number of pyridine rings is 1. The SMILES string of the molecule is CCn1c(-c2cccnc2C(C)OC)c2c3cc(ccc31)N1CCOC(CC(NC(=O)C(C(C)C)N(C)C(=O)C3(F)CCN(C(=O)C#CC(C)(C)N(C)C)CC3)C(=O)N3CCCC(N3)C(=O)OCC(C)(C)C2)C1.Cl.Nc1ccn(C2OC(CO)C(O)C2(F)F)c(=O)n1. The fraction of sp³-hybridized carbons (Fsp3) is 0.625. The number of benzene rings is 1. The number of alkyl halides is 3. The number of halogens is 4. The Kier molecular flexibility index (Phi) is 23.3. The number of likely N-dealkylation sites (N-methyl/N-ethyl adjacent to an activating group) is 1. The summed E-state index contributed by atoms with van der Waals surface area (Å²) in [5.74, 6) is -1.55. The maximum absolute atomic E-state index is 16.8. The van der Waals surface area contributed by atoms with E-state index in [0.717, 1.165) is 56.3 Å². The van der Waals surface area contributed by atoms with E-state index in [1.54, 1.807) is 27.2 Å². The van der Waals surface area contributed by atoms with E-state index >= 15 is 4.39 Å². The number of nitrogens with one attached hydrogen (secondary N) is 2. The van der Waals surface area contributed by atoms with Crippen molar-refractivity contribution in [1.29, 1.82) is 0 Å². The number of aliphatic hydroxyl groups excluding tert-OH is 2. The quantitative estimate of drug-likeness (QED) is 0.0969. The number of nitrogens with zero attached hydrogens (tertiary/aromatic N) is 9. The molecule has 3 aromatic heterocycles. The summed E-state index contributed by atoms with van der Waals surface area (Å²) >= 11 is 0. The molecule has 24 nitrogen and oxygen atoms in total. The molecule has 4 amide bonds. The number of carbonyl (C=O) groups is 5. The molecule has 8 atom stereocenters. The number of nitrogens with two attached hydrogens (primary N) is 1. The van der Waals surface area contributed by atoms with E-state index in [9.17, 15) is 42.7 Å². The maximum Gasteiger partial charge on any atom is 0.351 e. The van der Waals surface area contributed by atoms with Gasteiger partial charge in [-0.15, -0.1) is 12.4 Å². The molecule has 5 aliphatic heterocycles. The van der Waals surface area contributed by atoms with E-state index in [-0.39, 0.29) is 69.8 Å². The van der Waals surface area contributed by atoms with Gasteiger partial charge < -0.3 is 59.5 Å².